The van der Waals surface area contributed by atoms with Crippen LogP contribution in [0.3, 0.4) is 0 Å². The third-order valence-electron chi connectivity index (χ3n) is 5.55. The van der Waals surface area contributed by atoms with Crippen LogP contribution in [0, 0.1) is 13.8 Å². The third kappa shape index (κ3) is 6.06. The van der Waals surface area contributed by atoms with E-state index >= 15 is 0 Å². The first kappa shape index (κ1) is 24.0. The zero-order chi connectivity index (χ0) is 24.3. The Kier molecular flexibility index (Phi) is 7.08. The maximum atomic E-state index is 12.6. The molecule has 1 aliphatic heterocycles. The molecule has 1 unspecified atom stereocenters. The number of aryl methyl sites for hydroxylation is 2. The van der Waals surface area contributed by atoms with Gasteiger partial charge in [0, 0.05) is 31.0 Å². The zero-order valence-electron chi connectivity index (χ0n) is 19.0. The van der Waals surface area contributed by atoms with E-state index in [1.54, 1.807) is 29.2 Å². The van der Waals surface area contributed by atoms with Crippen LogP contribution < -0.4 is 10.2 Å². The van der Waals surface area contributed by atoms with Gasteiger partial charge in [-0.1, -0.05) is 47.7 Å². The lowest BCUT2D eigenvalue weighted by Crippen LogP contribution is -2.24. The van der Waals surface area contributed by atoms with Crippen LogP contribution >= 0.6 is 11.3 Å². The van der Waals surface area contributed by atoms with Crippen LogP contribution in [0.4, 0.5) is 10.8 Å². The number of carbonyl (C=O) groups excluding carboxylic acids is 2. The zero-order valence-corrected chi connectivity index (χ0v) is 20.7. The smallest absolute Gasteiger partial charge is 0.227 e. The predicted octanol–water partition coefficient (Wildman–Crippen LogP) is 3.62. The molecule has 178 valence electrons. The van der Waals surface area contributed by atoms with E-state index in [0.29, 0.717) is 28.7 Å². The van der Waals surface area contributed by atoms with Gasteiger partial charge in [0.1, 0.15) is 5.01 Å². The van der Waals surface area contributed by atoms with E-state index in [1.807, 2.05) is 32.0 Å². The van der Waals surface area contributed by atoms with Crippen molar-refractivity contribution < 1.29 is 18.0 Å². The highest BCUT2D eigenvalue weighted by Crippen LogP contribution is 2.34. The van der Waals surface area contributed by atoms with E-state index in [9.17, 15) is 18.0 Å². The average molecular weight is 499 g/mol. The van der Waals surface area contributed by atoms with E-state index in [4.69, 9.17) is 0 Å². The summed E-state index contributed by atoms with van der Waals surface area (Å²) >= 11 is 1.22. The fraction of sp³-hybridized carbons (Fsp3) is 0.333. The quantitative estimate of drug-likeness (QED) is 0.508. The van der Waals surface area contributed by atoms with Gasteiger partial charge in [0.2, 0.25) is 16.9 Å². The van der Waals surface area contributed by atoms with Gasteiger partial charge in [-0.2, -0.15) is 0 Å². The first-order chi connectivity index (χ1) is 16.2. The van der Waals surface area contributed by atoms with Crippen LogP contribution in [-0.4, -0.2) is 42.7 Å². The summed E-state index contributed by atoms with van der Waals surface area (Å²) in [5.74, 6) is -0.862. The van der Waals surface area contributed by atoms with Crippen LogP contribution in [0.15, 0.2) is 48.5 Å². The number of carbonyl (C=O) groups is 2. The molecule has 1 N–H and O–H groups in total. The first-order valence-electron chi connectivity index (χ1n) is 10.9. The number of hydrogen-bond acceptors (Lipinski definition) is 7. The molecule has 1 aliphatic rings. The fourth-order valence-corrected chi connectivity index (χ4v) is 6.20. The summed E-state index contributed by atoms with van der Waals surface area (Å²) in [6.45, 7) is 4.50. The van der Waals surface area contributed by atoms with Gasteiger partial charge in [-0.3, -0.25) is 9.59 Å². The number of rotatable bonds is 8. The summed E-state index contributed by atoms with van der Waals surface area (Å²) in [5, 5.41) is 11.8. The fourth-order valence-electron chi connectivity index (χ4n) is 4.01. The van der Waals surface area contributed by atoms with E-state index in [2.05, 4.69) is 21.6 Å². The minimum atomic E-state index is -3.41. The Hall–Kier alpha value is -3.11. The van der Waals surface area contributed by atoms with Gasteiger partial charge in [-0.15, -0.1) is 10.2 Å². The second kappa shape index (κ2) is 10.0. The number of benzene rings is 2. The van der Waals surface area contributed by atoms with Gasteiger partial charge in [-0.25, -0.2) is 8.42 Å². The SMILES string of the molecule is Cc1cc(C)cc(N2CC(c3nnc(NC(=O)CCS(=O)(=O)Cc4ccccc4)s3)CC2=O)c1. The molecule has 0 bridgehead atoms. The molecule has 8 nitrogen and oxygen atoms in total. The van der Waals surface area contributed by atoms with Crippen molar-refractivity contribution in [2.45, 2.75) is 38.4 Å². The number of nitrogens with one attached hydrogen (secondary N) is 1. The molecule has 2 aromatic carbocycles. The van der Waals surface area contributed by atoms with Crippen molar-refractivity contribution in [3.8, 4) is 0 Å². The van der Waals surface area contributed by atoms with E-state index in [1.165, 1.54) is 11.3 Å². The molecule has 34 heavy (non-hydrogen) atoms. The minimum absolute atomic E-state index is 0.0272. The summed E-state index contributed by atoms with van der Waals surface area (Å²) in [6.07, 6.45) is 0.166. The number of anilines is 2. The molecular formula is C24H26N4O4S2. The average Bonchev–Trinajstić information content (AvgIpc) is 3.38. The standard InChI is InChI=1S/C24H26N4O4S2/c1-16-10-17(2)12-20(11-16)28-14-19(13-22(28)30)23-26-27-24(33-23)25-21(29)8-9-34(31,32)15-18-6-4-3-5-7-18/h3-7,10-12,19H,8-9,13-15H2,1-2H3,(H,25,27,29). The number of hydrogen-bond donors (Lipinski definition) is 1. The van der Waals surface area contributed by atoms with Crippen molar-refractivity contribution in [1.82, 2.24) is 10.2 Å². The molecule has 1 aromatic heterocycles. The highest BCUT2D eigenvalue weighted by atomic mass is 32.2. The van der Waals surface area contributed by atoms with Gasteiger partial charge >= 0.3 is 0 Å². The van der Waals surface area contributed by atoms with Gasteiger partial charge in [0.05, 0.1) is 11.5 Å². The van der Waals surface area contributed by atoms with Crippen molar-refractivity contribution in [1.29, 1.82) is 0 Å². The molecule has 10 heteroatoms. The van der Waals surface area contributed by atoms with Crippen LogP contribution in [0.25, 0.3) is 0 Å². The molecule has 4 rings (SSSR count). The van der Waals surface area contributed by atoms with Crippen LogP contribution in [0.1, 0.15) is 40.5 Å². The number of aromatic nitrogens is 2. The molecule has 0 aliphatic carbocycles. The number of amides is 2. The van der Waals surface area contributed by atoms with Crippen molar-refractivity contribution in [2.75, 3.05) is 22.5 Å². The second-order valence-electron chi connectivity index (χ2n) is 8.57. The van der Waals surface area contributed by atoms with E-state index in [0.717, 1.165) is 16.8 Å². The van der Waals surface area contributed by atoms with E-state index in [-0.39, 0.29) is 29.8 Å². The lowest BCUT2D eigenvalue weighted by Gasteiger charge is -2.17. The Labute approximate surface area is 202 Å². The Morgan fingerprint density at radius 3 is 2.53 bits per heavy atom. The molecule has 0 saturated carbocycles. The minimum Gasteiger partial charge on any atom is -0.312 e. The van der Waals surface area contributed by atoms with Crippen molar-refractivity contribution in [3.05, 3.63) is 70.2 Å². The van der Waals surface area contributed by atoms with Gasteiger partial charge in [-0.05, 0) is 42.7 Å². The summed E-state index contributed by atoms with van der Waals surface area (Å²) in [4.78, 5) is 26.7. The molecule has 2 heterocycles. The molecular weight excluding hydrogens is 472 g/mol. The highest BCUT2D eigenvalue weighted by molar-refractivity contribution is 7.90. The molecule has 0 spiro atoms. The number of sulfone groups is 1. The largest absolute Gasteiger partial charge is 0.312 e. The summed E-state index contributed by atoms with van der Waals surface area (Å²) in [5.41, 5.74) is 3.76. The molecule has 1 saturated heterocycles. The van der Waals surface area contributed by atoms with Crippen LogP contribution in [0.5, 0.6) is 0 Å². The van der Waals surface area contributed by atoms with Gasteiger partial charge < -0.3 is 10.2 Å². The Morgan fingerprint density at radius 1 is 1.12 bits per heavy atom. The van der Waals surface area contributed by atoms with Crippen LogP contribution in [-0.2, 0) is 25.2 Å². The molecule has 1 atom stereocenters. The van der Waals surface area contributed by atoms with Crippen LogP contribution in [0.2, 0.25) is 0 Å². The maximum Gasteiger partial charge on any atom is 0.227 e. The molecule has 2 amide bonds. The van der Waals surface area contributed by atoms with Gasteiger partial charge in [0.25, 0.3) is 0 Å². The summed E-state index contributed by atoms with van der Waals surface area (Å²) < 4.78 is 24.6. The Morgan fingerprint density at radius 2 is 1.82 bits per heavy atom. The van der Waals surface area contributed by atoms with Crippen molar-refractivity contribution >= 4 is 43.8 Å². The lowest BCUT2D eigenvalue weighted by atomic mass is 10.1. The predicted molar refractivity (Wildman–Crippen MR) is 133 cm³/mol. The van der Waals surface area contributed by atoms with E-state index < -0.39 is 15.7 Å². The first-order valence-corrected chi connectivity index (χ1v) is 13.6. The third-order valence-corrected chi connectivity index (χ3v) is 8.15. The number of nitrogens with zero attached hydrogens (tertiary/aromatic N) is 3. The molecule has 0 radical (unpaired) electrons. The van der Waals surface area contributed by atoms with Crippen molar-refractivity contribution in [2.24, 2.45) is 0 Å². The summed E-state index contributed by atoms with van der Waals surface area (Å²) in [7, 11) is -3.41. The maximum absolute atomic E-state index is 12.6. The highest BCUT2D eigenvalue weighted by Gasteiger charge is 2.34. The Balaban J connectivity index is 1.32. The molecule has 3 aromatic rings. The second-order valence-corrected chi connectivity index (χ2v) is 11.8. The molecule has 1 fully saturated rings. The summed E-state index contributed by atoms with van der Waals surface area (Å²) in [6, 6.07) is 14.9. The Bertz CT molecular complexity index is 1290. The lowest BCUT2D eigenvalue weighted by molar-refractivity contribution is -0.117. The van der Waals surface area contributed by atoms with Crippen molar-refractivity contribution in [3.63, 3.8) is 0 Å². The monoisotopic (exact) mass is 498 g/mol. The van der Waals surface area contributed by atoms with Gasteiger partial charge in [0.15, 0.2) is 9.84 Å². The topological polar surface area (TPSA) is 109 Å². The normalized spacial score (nSPS) is 16.1.